The van der Waals surface area contributed by atoms with Gasteiger partial charge >= 0.3 is 0 Å². The van der Waals surface area contributed by atoms with Crippen LogP contribution in [0.25, 0.3) is 0 Å². The third kappa shape index (κ3) is 7.89. The molecule has 0 aliphatic carbocycles. The monoisotopic (exact) mass is 498 g/mol. The van der Waals surface area contributed by atoms with Crippen molar-refractivity contribution >= 4 is 23.3 Å². The van der Waals surface area contributed by atoms with Crippen LogP contribution in [-0.4, -0.2) is 54.4 Å². The molecule has 3 aromatic rings. The normalized spacial score (nSPS) is 15.8. The third-order valence-corrected chi connectivity index (χ3v) is 6.42. The van der Waals surface area contributed by atoms with Gasteiger partial charge in [0, 0.05) is 19.6 Å². The van der Waals surface area contributed by atoms with E-state index < -0.39 is 0 Å². The van der Waals surface area contributed by atoms with Crippen LogP contribution in [0.4, 0.5) is 11.5 Å². The molecule has 4 rings (SSSR count). The van der Waals surface area contributed by atoms with E-state index in [1.165, 1.54) is 5.56 Å². The maximum absolute atomic E-state index is 12.1. The molecular weight excluding hydrogens is 464 g/mol. The minimum Gasteiger partial charge on any atom is -0.359 e. The third-order valence-electron chi connectivity index (χ3n) is 6.42. The molecule has 1 aliphatic rings. The molecule has 2 aromatic carbocycles. The highest BCUT2D eigenvalue weighted by atomic mass is 16.2. The van der Waals surface area contributed by atoms with Crippen LogP contribution < -0.4 is 16.0 Å². The largest absolute Gasteiger partial charge is 0.359 e. The van der Waals surface area contributed by atoms with Crippen molar-refractivity contribution in [2.24, 2.45) is 5.73 Å². The second-order valence-electron chi connectivity index (χ2n) is 9.22. The fourth-order valence-electron chi connectivity index (χ4n) is 3.86. The number of carbonyl (C=O) groups excluding carboxylic acids is 2. The highest BCUT2D eigenvalue weighted by Gasteiger charge is 2.27. The van der Waals surface area contributed by atoms with Gasteiger partial charge in [0.05, 0.1) is 36.5 Å². The van der Waals surface area contributed by atoms with Gasteiger partial charge in [0.25, 0.3) is 0 Å². The van der Waals surface area contributed by atoms with Crippen LogP contribution in [0.15, 0.2) is 72.9 Å². The number of hydrogen-bond donors (Lipinski definition) is 2. The Morgan fingerprint density at radius 1 is 1.16 bits per heavy atom. The molecule has 1 aromatic heterocycles. The Hall–Kier alpha value is -4.22. The number of hydrogen-bond acceptors (Lipinski definition) is 6. The van der Waals surface area contributed by atoms with Gasteiger partial charge in [-0.15, -0.1) is 0 Å². The van der Waals surface area contributed by atoms with Gasteiger partial charge in [-0.3, -0.25) is 9.59 Å². The lowest BCUT2D eigenvalue weighted by Gasteiger charge is -2.38. The molecule has 2 amide bonds. The summed E-state index contributed by atoms with van der Waals surface area (Å²) in [4.78, 5) is 32.1. The first-order valence-corrected chi connectivity index (χ1v) is 12.3. The number of nitrogens with one attached hydrogen (secondary N) is 1. The minimum atomic E-state index is -0.102. The molecule has 8 heteroatoms. The molecule has 1 fully saturated rings. The van der Waals surface area contributed by atoms with Gasteiger partial charge < -0.3 is 20.9 Å². The van der Waals surface area contributed by atoms with Crippen molar-refractivity contribution in [2.45, 2.75) is 32.2 Å². The summed E-state index contributed by atoms with van der Waals surface area (Å²) >= 11 is 0. The van der Waals surface area contributed by atoms with E-state index in [2.05, 4.69) is 23.3 Å². The molecule has 2 atom stereocenters. The van der Waals surface area contributed by atoms with E-state index in [0.717, 1.165) is 17.8 Å². The molecule has 2 heterocycles. The van der Waals surface area contributed by atoms with E-state index in [0.29, 0.717) is 36.8 Å². The zero-order valence-electron chi connectivity index (χ0n) is 21.6. The molecule has 37 heavy (non-hydrogen) atoms. The van der Waals surface area contributed by atoms with Crippen LogP contribution in [0.1, 0.15) is 36.5 Å². The maximum atomic E-state index is 12.1. The average molecular weight is 499 g/mol. The van der Waals surface area contributed by atoms with Crippen molar-refractivity contribution in [1.82, 2.24) is 9.88 Å². The van der Waals surface area contributed by atoms with Gasteiger partial charge in [0.2, 0.25) is 11.8 Å². The molecule has 1 saturated heterocycles. The highest BCUT2D eigenvalue weighted by Crippen LogP contribution is 2.20. The van der Waals surface area contributed by atoms with Crippen molar-refractivity contribution in [3.05, 3.63) is 89.6 Å². The molecule has 0 spiro atoms. The van der Waals surface area contributed by atoms with Gasteiger partial charge in [-0.1, -0.05) is 49.4 Å². The summed E-state index contributed by atoms with van der Waals surface area (Å²) in [6.45, 7) is 5.86. The Labute approximate surface area is 218 Å². The van der Waals surface area contributed by atoms with Gasteiger partial charge in [-0.2, -0.15) is 5.26 Å². The summed E-state index contributed by atoms with van der Waals surface area (Å²) in [6.07, 6.45) is 2.01. The molecular formula is C29H34N6O2. The molecule has 1 aliphatic heterocycles. The summed E-state index contributed by atoms with van der Waals surface area (Å²) in [7, 11) is 1.83. The second kappa shape index (κ2) is 13.2. The Kier molecular flexibility index (Phi) is 9.76. The number of likely N-dealkylation sites (N-methyl/N-ethyl adjacent to an activating group) is 1. The number of nitriles is 1. The SMILES string of the molecule is CC(CN)c1ccc(C#N)cc1.CC1CN(c2ccc(NC(=O)Cc3ccccc3)nc2)CC(=O)N1C. The fourth-order valence-corrected chi connectivity index (χ4v) is 3.86. The van der Waals surface area contributed by atoms with Gasteiger partial charge in [-0.25, -0.2) is 4.98 Å². The molecule has 0 radical (unpaired) electrons. The van der Waals surface area contributed by atoms with E-state index in [-0.39, 0.29) is 17.9 Å². The number of amides is 2. The molecule has 0 bridgehead atoms. The zero-order chi connectivity index (χ0) is 26.8. The van der Waals surface area contributed by atoms with Gasteiger partial charge in [-0.05, 0) is 54.8 Å². The van der Waals surface area contributed by atoms with Crippen molar-refractivity contribution in [2.75, 3.05) is 36.9 Å². The first kappa shape index (κ1) is 27.4. The molecule has 192 valence electrons. The lowest BCUT2D eigenvalue weighted by molar-refractivity contribution is -0.131. The number of piperazine rings is 1. The van der Waals surface area contributed by atoms with Crippen LogP contribution in [0, 0.1) is 11.3 Å². The summed E-state index contributed by atoms with van der Waals surface area (Å²) in [5.41, 5.74) is 9.24. The number of pyridine rings is 1. The van der Waals surface area contributed by atoms with E-state index in [1.54, 1.807) is 17.2 Å². The summed E-state index contributed by atoms with van der Waals surface area (Å²) in [6, 6.07) is 23.0. The Morgan fingerprint density at radius 3 is 2.43 bits per heavy atom. The van der Waals surface area contributed by atoms with E-state index in [1.807, 2.05) is 79.5 Å². The van der Waals surface area contributed by atoms with Gasteiger partial charge in [0.1, 0.15) is 5.82 Å². The first-order chi connectivity index (χ1) is 17.8. The van der Waals surface area contributed by atoms with Crippen molar-refractivity contribution in [1.29, 1.82) is 5.26 Å². The average Bonchev–Trinajstić information content (AvgIpc) is 2.92. The van der Waals surface area contributed by atoms with Crippen molar-refractivity contribution in [3.63, 3.8) is 0 Å². The number of nitrogens with two attached hydrogens (primary N) is 1. The van der Waals surface area contributed by atoms with E-state index in [9.17, 15) is 9.59 Å². The van der Waals surface area contributed by atoms with Crippen LogP contribution in [0.5, 0.6) is 0 Å². The number of rotatable bonds is 6. The van der Waals surface area contributed by atoms with Crippen LogP contribution in [-0.2, 0) is 16.0 Å². The predicted molar refractivity (Wildman–Crippen MR) is 146 cm³/mol. The summed E-state index contributed by atoms with van der Waals surface area (Å²) in [5, 5.41) is 11.4. The highest BCUT2D eigenvalue weighted by molar-refractivity contribution is 5.91. The topological polar surface area (TPSA) is 115 Å². The Balaban J connectivity index is 0.000000266. The Bertz CT molecular complexity index is 1210. The number of anilines is 2. The summed E-state index contributed by atoms with van der Waals surface area (Å²) in [5.74, 6) is 0.879. The maximum Gasteiger partial charge on any atom is 0.242 e. The first-order valence-electron chi connectivity index (χ1n) is 12.3. The van der Waals surface area contributed by atoms with E-state index >= 15 is 0 Å². The molecule has 8 nitrogen and oxygen atoms in total. The zero-order valence-corrected chi connectivity index (χ0v) is 21.6. The predicted octanol–water partition coefficient (Wildman–Crippen LogP) is 3.55. The van der Waals surface area contributed by atoms with Crippen LogP contribution in [0.2, 0.25) is 0 Å². The molecule has 3 N–H and O–H groups in total. The van der Waals surface area contributed by atoms with Crippen LogP contribution in [0.3, 0.4) is 0 Å². The fraction of sp³-hybridized carbons (Fsp3) is 0.310. The number of benzene rings is 2. The standard InChI is InChI=1S/C19H22N4O2.C10H12N2/c1-14-12-23(13-19(25)22(14)2)16-8-9-17(20-11-16)21-18(24)10-15-6-4-3-5-7-15;1-8(6-11)10-4-2-9(7-12)3-5-10/h3-9,11,14H,10,12-13H2,1-2H3,(H,20,21,24);2-5,8H,6,11H2,1H3. The number of nitrogens with zero attached hydrogens (tertiary/aromatic N) is 4. The number of carbonyl (C=O) groups is 2. The van der Waals surface area contributed by atoms with Crippen molar-refractivity contribution in [3.8, 4) is 6.07 Å². The number of aromatic nitrogens is 1. The lowest BCUT2D eigenvalue weighted by atomic mass is 10.0. The van der Waals surface area contributed by atoms with Gasteiger partial charge in [0.15, 0.2) is 0 Å². The molecule has 2 unspecified atom stereocenters. The Morgan fingerprint density at radius 2 is 1.86 bits per heavy atom. The van der Waals surface area contributed by atoms with Crippen LogP contribution >= 0.6 is 0 Å². The van der Waals surface area contributed by atoms with E-state index in [4.69, 9.17) is 11.0 Å². The lowest BCUT2D eigenvalue weighted by Crippen LogP contribution is -2.53. The second-order valence-corrected chi connectivity index (χ2v) is 9.22. The quantitative estimate of drug-likeness (QED) is 0.537. The summed E-state index contributed by atoms with van der Waals surface area (Å²) < 4.78 is 0. The molecule has 0 saturated carbocycles. The minimum absolute atomic E-state index is 0.0963. The smallest absolute Gasteiger partial charge is 0.242 e. The van der Waals surface area contributed by atoms with Crippen molar-refractivity contribution < 1.29 is 9.59 Å².